The topological polar surface area (TPSA) is 117 Å². The van der Waals surface area contributed by atoms with Crippen LogP contribution in [0.2, 0.25) is 0 Å². The van der Waals surface area contributed by atoms with Gasteiger partial charge in [-0.05, 0) is 38.0 Å². The van der Waals surface area contributed by atoms with E-state index < -0.39 is 14.9 Å². The Morgan fingerprint density at radius 2 is 1.88 bits per heavy atom. The number of nitrogens with zero attached hydrogens (tertiary/aromatic N) is 3. The van der Waals surface area contributed by atoms with E-state index in [9.17, 15) is 18.0 Å². The molecule has 1 amide bonds. The minimum atomic E-state index is -3.75. The monoisotopic (exact) mass is 490 g/mol. The van der Waals surface area contributed by atoms with E-state index in [-0.39, 0.29) is 29.6 Å². The molecule has 4 rings (SSSR count). The van der Waals surface area contributed by atoms with E-state index in [0.29, 0.717) is 48.2 Å². The Morgan fingerprint density at radius 1 is 1.15 bits per heavy atom. The molecule has 2 aromatic heterocycles. The number of hydrogen-bond acceptors (Lipinski definition) is 7. The van der Waals surface area contributed by atoms with Gasteiger partial charge in [0.1, 0.15) is 0 Å². The fourth-order valence-electron chi connectivity index (χ4n) is 3.76. The van der Waals surface area contributed by atoms with E-state index >= 15 is 0 Å². The van der Waals surface area contributed by atoms with Crippen LogP contribution in [0.25, 0.3) is 11.3 Å². The molecule has 0 spiro atoms. The average molecular weight is 491 g/mol. The maximum atomic E-state index is 12.8. The minimum Gasteiger partial charge on any atom is -0.441 e. The van der Waals surface area contributed by atoms with Gasteiger partial charge in [0, 0.05) is 50.3 Å². The summed E-state index contributed by atoms with van der Waals surface area (Å²) in [4.78, 5) is 32.2. The first-order chi connectivity index (χ1) is 15.6. The van der Waals surface area contributed by atoms with Crippen molar-refractivity contribution in [3.05, 3.63) is 56.8 Å². The molecule has 1 aliphatic heterocycles. The molecule has 0 unspecified atom stereocenters. The summed E-state index contributed by atoms with van der Waals surface area (Å²) in [6.07, 6.45) is 2.28. The summed E-state index contributed by atoms with van der Waals surface area (Å²) in [6, 6.07) is 6.07. The summed E-state index contributed by atoms with van der Waals surface area (Å²) in [7, 11) is -3.75. The predicted molar refractivity (Wildman–Crippen MR) is 125 cm³/mol. The molecule has 0 aliphatic carbocycles. The Balaban J connectivity index is 1.32. The van der Waals surface area contributed by atoms with Crippen LogP contribution in [0.4, 0.5) is 0 Å². The van der Waals surface area contributed by atoms with Crippen LogP contribution in [-0.2, 0) is 21.2 Å². The zero-order chi connectivity index (χ0) is 23.8. The van der Waals surface area contributed by atoms with Crippen molar-refractivity contribution in [3.63, 3.8) is 0 Å². The van der Waals surface area contributed by atoms with Crippen molar-refractivity contribution in [1.82, 2.24) is 19.2 Å². The number of thiazole rings is 1. The summed E-state index contributed by atoms with van der Waals surface area (Å²) < 4.78 is 32.8. The Kier molecular flexibility index (Phi) is 6.55. The highest BCUT2D eigenvalue weighted by Gasteiger charge is 2.32. The summed E-state index contributed by atoms with van der Waals surface area (Å²) in [5, 5.41) is 0. The van der Waals surface area contributed by atoms with Crippen molar-refractivity contribution < 1.29 is 17.6 Å². The van der Waals surface area contributed by atoms with Crippen LogP contribution < -0.4 is 4.87 Å². The maximum Gasteiger partial charge on any atom is 0.305 e. The Labute approximate surface area is 196 Å². The molecule has 1 saturated heterocycles. The van der Waals surface area contributed by atoms with Crippen LogP contribution in [0.3, 0.4) is 0 Å². The number of piperazine rings is 1. The van der Waals surface area contributed by atoms with Crippen LogP contribution in [0.5, 0.6) is 0 Å². The fourth-order valence-corrected chi connectivity index (χ4v) is 6.62. The maximum absolute atomic E-state index is 12.8. The number of nitrogens with one attached hydrogen (secondary N) is 1. The number of benzene rings is 1. The van der Waals surface area contributed by atoms with Crippen LogP contribution >= 0.6 is 11.3 Å². The molecular formula is C22H26N4O5S2. The van der Waals surface area contributed by atoms with Crippen LogP contribution in [0.15, 0.2) is 37.8 Å². The van der Waals surface area contributed by atoms with E-state index in [4.69, 9.17) is 4.42 Å². The molecule has 0 saturated carbocycles. The lowest BCUT2D eigenvalue weighted by Gasteiger charge is -2.33. The molecule has 9 nitrogen and oxygen atoms in total. The standard InChI is InChI=1S/C22H26N4O5S2/c1-14-4-5-17(12-15(14)2)18-13-23-19(31-18)6-7-20(27)25-8-10-26(11-9-25)33(29,30)21-16(3)24-22(28)32-21/h4-5,12-13H,6-11H2,1-3H3,(H,24,28). The normalized spacial score (nSPS) is 15.2. The zero-order valence-electron chi connectivity index (χ0n) is 18.8. The van der Waals surface area contributed by atoms with Crippen LogP contribution in [-0.4, -0.2) is 59.7 Å². The second-order valence-electron chi connectivity index (χ2n) is 8.13. The van der Waals surface area contributed by atoms with Crippen LogP contribution in [0.1, 0.15) is 29.1 Å². The highest BCUT2D eigenvalue weighted by atomic mass is 32.2. The van der Waals surface area contributed by atoms with E-state index in [1.165, 1.54) is 15.4 Å². The number of aromatic nitrogens is 2. The summed E-state index contributed by atoms with van der Waals surface area (Å²) in [5.74, 6) is 1.10. The quantitative estimate of drug-likeness (QED) is 0.567. The number of hydrogen-bond donors (Lipinski definition) is 1. The van der Waals surface area contributed by atoms with E-state index in [1.54, 1.807) is 18.0 Å². The zero-order valence-corrected chi connectivity index (χ0v) is 20.4. The van der Waals surface area contributed by atoms with Gasteiger partial charge in [-0.15, -0.1) is 0 Å². The molecule has 33 heavy (non-hydrogen) atoms. The molecule has 176 valence electrons. The number of rotatable bonds is 6. The number of sulfonamides is 1. The molecule has 3 aromatic rings. The average Bonchev–Trinajstić information content (AvgIpc) is 3.40. The van der Waals surface area contributed by atoms with Crippen molar-refractivity contribution in [1.29, 1.82) is 0 Å². The van der Waals surface area contributed by atoms with E-state index in [2.05, 4.69) is 16.9 Å². The molecule has 0 radical (unpaired) electrons. The lowest BCUT2D eigenvalue weighted by atomic mass is 10.1. The highest BCUT2D eigenvalue weighted by Crippen LogP contribution is 2.24. The predicted octanol–water partition coefficient (Wildman–Crippen LogP) is 2.48. The van der Waals surface area contributed by atoms with Gasteiger partial charge >= 0.3 is 4.87 Å². The Bertz CT molecular complexity index is 1330. The van der Waals surface area contributed by atoms with Gasteiger partial charge < -0.3 is 14.3 Å². The third kappa shape index (κ3) is 4.94. The fraction of sp³-hybridized carbons (Fsp3) is 0.409. The summed E-state index contributed by atoms with van der Waals surface area (Å²) in [6.45, 7) is 6.65. The Hall–Kier alpha value is -2.76. The van der Waals surface area contributed by atoms with Gasteiger partial charge in [-0.2, -0.15) is 4.31 Å². The summed E-state index contributed by atoms with van der Waals surface area (Å²) in [5.41, 5.74) is 3.66. The summed E-state index contributed by atoms with van der Waals surface area (Å²) >= 11 is 0.691. The Morgan fingerprint density at radius 3 is 2.52 bits per heavy atom. The number of carbonyl (C=O) groups is 1. The number of aryl methyl sites for hydroxylation is 4. The molecule has 1 N–H and O–H groups in total. The SMILES string of the molecule is Cc1ccc(-c2cnc(CCC(=O)N3CCN(S(=O)(=O)c4sc(=O)[nH]c4C)CC3)o2)cc1C. The number of amides is 1. The third-order valence-corrected chi connectivity index (χ3v) is 9.33. The molecule has 1 aliphatic rings. The first-order valence-corrected chi connectivity index (χ1v) is 12.9. The first-order valence-electron chi connectivity index (χ1n) is 10.6. The van der Waals surface area contributed by atoms with Gasteiger partial charge in [-0.1, -0.05) is 23.5 Å². The molecule has 3 heterocycles. The van der Waals surface area contributed by atoms with Crippen molar-refractivity contribution in [2.24, 2.45) is 0 Å². The van der Waals surface area contributed by atoms with Crippen molar-refractivity contribution in [2.75, 3.05) is 26.2 Å². The van der Waals surface area contributed by atoms with Gasteiger partial charge in [0.25, 0.3) is 10.0 Å². The smallest absolute Gasteiger partial charge is 0.305 e. The van der Waals surface area contributed by atoms with Gasteiger partial charge in [-0.3, -0.25) is 9.59 Å². The number of oxazole rings is 1. The third-order valence-electron chi connectivity index (χ3n) is 5.84. The lowest BCUT2D eigenvalue weighted by Crippen LogP contribution is -2.50. The highest BCUT2D eigenvalue weighted by molar-refractivity contribution is 7.91. The van der Waals surface area contributed by atoms with Crippen LogP contribution in [0, 0.1) is 20.8 Å². The molecule has 1 aromatic carbocycles. The van der Waals surface area contributed by atoms with Gasteiger partial charge in [0.05, 0.1) is 6.20 Å². The minimum absolute atomic E-state index is 0.0377. The molecule has 11 heteroatoms. The second kappa shape index (κ2) is 9.24. The van der Waals surface area contributed by atoms with Gasteiger partial charge in [0.15, 0.2) is 15.9 Å². The number of H-pyrrole nitrogens is 1. The van der Waals surface area contributed by atoms with Crippen molar-refractivity contribution in [2.45, 2.75) is 37.8 Å². The molecular weight excluding hydrogens is 464 g/mol. The molecule has 1 fully saturated rings. The van der Waals surface area contributed by atoms with E-state index in [1.807, 2.05) is 25.1 Å². The largest absolute Gasteiger partial charge is 0.441 e. The second-order valence-corrected chi connectivity index (χ2v) is 11.2. The molecule has 0 atom stereocenters. The number of aromatic amines is 1. The number of carbonyl (C=O) groups excluding carboxylic acids is 1. The first kappa shape index (κ1) is 23.4. The molecule has 0 bridgehead atoms. The van der Waals surface area contributed by atoms with Gasteiger partial charge in [0.2, 0.25) is 5.91 Å². The van der Waals surface area contributed by atoms with E-state index in [0.717, 1.165) is 5.56 Å². The van der Waals surface area contributed by atoms with Crippen molar-refractivity contribution in [3.8, 4) is 11.3 Å². The lowest BCUT2D eigenvalue weighted by molar-refractivity contribution is -0.132. The van der Waals surface area contributed by atoms with Gasteiger partial charge in [-0.25, -0.2) is 13.4 Å². The van der Waals surface area contributed by atoms with Crippen molar-refractivity contribution >= 4 is 27.3 Å².